The summed E-state index contributed by atoms with van der Waals surface area (Å²) in [5, 5.41) is 3.13. The van der Waals surface area contributed by atoms with E-state index in [1.54, 1.807) is 0 Å². The van der Waals surface area contributed by atoms with Crippen LogP contribution >= 0.6 is 7.82 Å². The van der Waals surface area contributed by atoms with Gasteiger partial charge in [0.2, 0.25) is 0 Å². The normalized spacial score (nSPS) is 11.7. The number of carbonyl (C=O) groups excluding carboxylic acids is 2. The largest absolute Gasteiger partial charge is 1.00 e. The van der Waals surface area contributed by atoms with Gasteiger partial charge < -0.3 is 33.7 Å². The molecule has 0 fully saturated rings. The van der Waals surface area contributed by atoms with Crippen molar-refractivity contribution in [3.8, 4) is 0 Å². The molecule has 34 heavy (non-hydrogen) atoms. The topological polar surface area (TPSA) is 137 Å². The quantitative estimate of drug-likeness (QED) is 0.0459. The number of hydrogen-bond acceptors (Lipinski definition) is 9. The third-order valence-electron chi connectivity index (χ3n) is 5.01. The van der Waals surface area contributed by atoms with Gasteiger partial charge in [-0.2, -0.15) is 0 Å². The molecular formula is C22H42NNa2O8P. The van der Waals surface area contributed by atoms with Crippen molar-refractivity contribution in [2.75, 3.05) is 26.3 Å². The Labute approximate surface area is 250 Å². The van der Waals surface area contributed by atoms with E-state index in [9.17, 15) is 23.9 Å². The van der Waals surface area contributed by atoms with Crippen LogP contribution < -0.4 is 74.2 Å². The summed E-state index contributed by atoms with van der Waals surface area (Å²) in [6.07, 6.45) is 13.0. The molecule has 0 heterocycles. The van der Waals surface area contributed by atoms with Gasteiger partial charge in [-0.05, 0) is 25.8 Å². The molecule has 0 aromatic heterocycles. The molecular weight excluding hydrogens is 483 g/mol. The van der Waals surface area contributed by atoms with Crippen molar-refractivity contribution in [3.63, 3.8) is 0 Å². The number of hydrogen-bond donors (Lipinski definition) is 1. The van der Waals surface area contributed by atoms with Gasteiger partial charge in [0.25, 0.3) is 6.47 Å². The molecule has 0 saturated heterocycles. The van der Waals surface area contributed by atoms with E-state index < -0.39 is 26.5 Å². The first kappa shape index (κ1) is 39.5. The van der Waals surface area contributed by atoms with Crippen molar-refractivity contribution < 1.29 is 97.1 Å². The zero-order chi connectivity index (χ0) is 23.9. The molecule has 0 saturated carbocycles. The van der Waals surface area contributed by atoms with Gasteiger partial charge in [-0.3, -0.25) is 9.59 Å². The fourth-order valence-corrected chi connectivity index (χ4v) is 3.58. The second-order valence-corrected chi connectivity index (χ2v) is 9.17. The Kier molecular flexibility index (Phi) is 33.2. The summed E-state index contributed by atoms with van der Waals surface area (Å²) in [5.41, 5.74) is 0. The Balaban J connectivity index is -0.00000480. The summed E-state index contributed by atoms with van der Waals surface area (Å²) < 4.78 is 25.0. The number of unbranched alkanes of at least 4 members (excludes halogenated alkanes) is 11. The first-order valence-electron chi connectivity index (χ1n) is 12.0. The third-order valence-corrected chi connectivity index (χ3v) is 5.47. The molecule has 12 heteroatoms. The molecule has 190 valence electrons. The van der Waals surface area contributed by atoms with Gasteiger partial charge in [0.1, 0.15) is 6.10 Å². The van der Waals surface area contributed by atoms with Crippen LogP contribution in [0.5, 0.6) is 0 Å². The molecule has 0 aliphatic rings. The Bertz CT molecular complexity index is 511. The van der Waals surface area contributed by atoms with Crippen LogP contribution in [0.25, 0.3) is 0 Å². The maximum absolute atomic E-state index is 12.1. The molecule has 0 aromatic rings. The van der Waals surface area contributed by atoms with E-state index in [0.717, 1.165) is 57.8 Å². The van der Waals surface area contributed by atoms with Crippen LogP contribution in [0.1, 0.15) is 96.8 Å². The molecule has 1 atom stereocenters. The van der Waals surface area contributed by atoms with Gasteiger partial charge >= 0.3 is 65.1 Å². The minimum absolute atomic E-state index is 0. The molecule has 0 rings (SSSR count). The Morgan fingerprint density at radius 3 is 2.06 bits per heavy atom. The number of carbonyl (C=O) groups is 2. The molecule has 0 aliphatic heterocycles. The summed E-state index contributed by atoms with van der Waals surface area (Å²) in [6.45, 7) is 3.54. The Hall–Kier alpha value is 1.01. The van der Waals surface area contributed by atoms with Gasteiger partial charge in [0, 0.05) is 13.0 Å². The fourth-order valence-electron chi connectivity index (χ4n) is 3.23. The van der Waals surface area contributed by atoms with Crippen molar-refractivity contribution in [1.29, 1.82) is 0 Å². The zero-order valence-electron chi connectivity index (χ0n) is 21.6. The van der Waals surface area contributed by atoms with Crippen LogP contribution in [0, 0.1) is 0 Å². The van der Waals surface area contributed by atoms with Crippen LogP contribution in [0.4, 0.5) is 0 Å². The number of phosphoric ester groups is 1. The monoisotopic (exact) mass is 525 g/mol. The maximum Gasteiger partial charge on any atom is 1.00 e. The summed E-state index contributed by atoms with van der Waals surface area (Å²) >= 11 is 0. The summed E-state index contributed by atoms with van der Waals surface area (Å²) in [5.74, 6) is -0.404. The molecule has 0 spiro atoms. The predicted octanol–water partition coefficient (Wildman–Crippen LogP) is -3.00. The minimum atomic E-state index is -5.12. The maximum atomic E-state index is 12.1. The molecule has 1 N–H and O–H groups in total. The van der Waals surface area contributed by atoms with Gasteiger partial charge in [-0.15, -0.1) is 0 Å². The Morgan fingerprint density at radius 1 is 0.912 bits per heavy atom. The molecule has 0 aromatic carbocycles. The second kappa shape index (κ2) is 28.6. The fraction of sp³-hybridized carbons (Fsp3) is 0.909. The second-order valence-electron chi connectivity index (χ2n) is 8.02. The number of phosphoric acid groups is 1. The van der Waals surface area contributed by atoms with Gasteiger partial charge in [-0.25, -0.2) is 0 Å². The van der Waals surface area contributed by atoms with E-state index in [1.807, 2.05) is 0 Å². The van der Waals surface area contributed by atoms with Crippen LogP contribution in [0.15, 0.2) is 0 Å². The smallest absolute Gasteiger partial charge is 0.790 e. The van der Waals surface area contributed by atoms with Crippen molar-refractivity contribution in [1.82, 2.24) is 5.32 Å². The first-order chi connectivity index (χ1) is 15.4. The van der Waals surface area contributed by atoms with Crippen LogP contribution in [0.3, 0.4) is 0 Å². The van der Waals surface area contributed by atoms with Crippen molar-refractivity contribution in [2.45, 2.75) is 103 Å². The number of rotatable bonds is 24. The number of ether oxygens (including phenoxy) is 2. The van der Waals surface area contributed by atoms with E-state index in [0.29, 0.717) is 19.6 Å². The summed E-state index contributed by atoms with van der Waals surface area (Å²) in [4.78, 5) is 43.6. The van der Waals surface area contributed by atoms with E-state index in [4.69, 9.17) is 4.74 Å². The minimum Gasteiger partial charge on any atom is -0.790 e. The molecule has 0 radical (unpaired) electrons. The van der Waals surface area contributed by atoms with Gasteiger partial charge in [-0.1, -0.05) is 71.1 Å². The van der Waals surface area contributed by atoms with Crippen LogP contribution in [0.2, 0.25) is 0 Å². The third kappa shape index (κ3) is 31.0. The molecule has 0 unspecified atom stereocenters. The van der Waals surface area contributed by atoms with Gasteiger partial charge in [0.15, 0.2) is 0 Å². The zero-order valence-corrected chi connectivity index (χ0v) is 26.5. The van der Waals surface area contributed by atoms with Crippen molar-refractivity contribution in [3.05, 3.63) is 0 Å². The molecule has 9 nitrogen and oxygen atoms in total. The number of esters is 1. The molecule has 0 aliphatic carbocycles. The Morgan fingerprint density at radius 2 is 1.47 bits per heavy atom. The number of nitrogens with one attached hydrogen (secondary N) is 1. The SMILES string of the molecule is CCCCCCCCCC(=O)O[C@@H](CNCCCCCCCCOC=O)COP(=O)([O-])[O-].[Na+].[Na+]. The average Bonchev–Trinajstić information content (AvgIpc) is 2.74. The standard InChI is InChI=1S/C22H44NO8P.2Na/c1-2-3-4-5-6-9-12-15-22(25)31-21(19-30-32(26,27)28)18-23-16-13-10-7-8-11-14-17-29-20-24;;/h20-21,23H,2-19H2,1H3,(H2,26,27,28);;/q;2*+1/p-2/t21-;;/m0../s1. The first-order valence-corrected chi connectivity index (χ1v) is 13.5. The summed E-state index contributed by atoms with van der Waals surface area (Å²) in [6, 6.07) is 0. The average molecular weight is 526 g/mol. The van der Waals surface area contributed by atoms with Gasteiger partial charge in [0.05, 0.1) is 21.0 Å². The summed E-state index contributed by atoms with van der Waals surface area (Å²) in [7, 11) is -5.12. The van der Waals surface area contributed by atoms with E-state index in [-0.39, 0.29) is 72.1 Å². The molecule has 0 bridgehead atoms. The predicted molar refractivity (Wildman–Crippen MR) is 119 cm³/mol. The molecule has 0 amide bonds. The van der Waals surface area contributed by atoms with Crippen molar-refractivity contribution in [2.24, 2.45) is 0 Å². The van der Waals surface area contributed by atoms with Crippen molar-refractivity contribution >= 4 is 20.3 Å². The van der Waals surface area contributed by atoms with Crippen LogP contribution in [-0.4, -0.2) is 44.8 Å². The van der Waals surface area contributed by atoms with E-state index in [2.05, 4.69) is 21.5 Å². The van der Waals surface area contributed by atoms with E-state index in [1.165, 1.54) is 25.7 Å². The van der Waals surface area contributed by atoms with Crippen LogP contribution in [-0.2, 0) is 28.2 Å². The van der Waals surface area contributed by atoms with E-state index >= 15 is 0 Å².